The maximum atomic E-state index is 13.3. The van der Waals surface area contributed by atoms with Crippen molar-refractivity contribution in [2.24, 2.45) is 0 Å². The molecule has 2 aromatic carbocycles. The summed E-state index contributed by atoms with van der Waals surface area (Å²) in [5.41, 5.74) is 4.63. The summed E-state index contributed by atoms with van der Waals surface area (Å²) in [5.74, 6) is 1.07. The van der Waals surface area contributed by atoms with Gasteiger partial charge in [0.05, 0.1) is 5.75 Å². The SMILES string of the molecule is CC[C@@H](C)NC(=O)[C@H](CC)N(Cc1cccc(C)c1)C(=O)CSCc1cccc(C)c1. The quantitative estimate of drug-likeness (QED) is 0.519. The van der Waals surface area contributed by atoms with Crippen LogP contribution in [0.25, 0.3) is 0 Å². The molecule has 168 valence electrons. The van der Waals surface area contributed by atoms with Gasteiger partial charge in [0, 0.05) is 18.3 Å². The molecule has 4 nitrogen and oxygen atoms in total. The predicted molar refractivity (Wildman–Crippen MR) is 131 cm³/mol. The van der Waals surface area contributed by atoms with Gasteiger partial charge in [-0.3, -0.25) is 9.59 Å². The van der Waals surface area contributed by atoms with Crippen LogP contribution in [0.4, 0.5) is 0 Å². The fraction of sp³-hybridized carbons (Fsp3) is 0.462. The van der Waals surface area contributed by atoms with E-state index in [9.17, 15) is 9.59 Å². The number of thioether (sulfide) groups is 1. The van der Waals surface area contributed by atoms with Crippen LogP contribution in [-0.2, 0) is 21.9 Å². The monoisotopic (exact) mass is 440 g/mol. The third-order valence-corrected chi connectivity index (χ3v) is 6.39. The van der Waals surface area contributed by atoms with Crippen LogP contribution in [0.3, 0.4) is 0 Å². The van der Waals surface area contributed by atoms with Gasteiger partial charge in [-0.1, -0.05) is 73.5 Å². The summed E-state index contributed by atoms with van der Waals surface area (Å²) in [6.45, 7) is 10.6. The van der Waals surface area contributed by atoms with Gasteiger partial charge in [0.25, 0.3) is 0 Å². The van der Waals surface area contributed by atoms with Crippen LogP contribution in [0.15, 0.2) is 48.5 Å². The van der Waals surface area contributed by atoms with Crippen LogP contribution in [0.1, 0.15) is 55.9 Å². The normalized spacial score (nSPS) is 12.8. The summed E-state index contributed by atoms with van der Waals surface area (Å²) in [6.07, 6.45) is 1.45. The largest absolute Gasteiger partial charge is 0.352 e. The average Bonchev–Trinajstić information content (AvgIpc) is 2.73. The third-order valence-electron chi connectivity index (χ3n) is 5.40. The molecule has 0 fully saturated rings. The molecule has 0 saturated carbocycles. The molecule has 0 radical (unpaired) electrons. The Bertz CT molecular complexity index is 868. The molecule has 2 atom stereocenters. The zero-order chi connectivity index (χ0) is 22.8. The minimum atomic E-state index is -0.471. The molecule has 1 N–H and O–H groups in total. The van der Waals surface area contributed by atoms with E-state index in [0.29, 0.717) is 18.7 Å². The number of aryl methyl sites for hydroxylation is 2. The Hall–Kier alpha value is -2.27. The first-order valence-corrected chi connectivity index (χ1v) is 12.3. The number of nitrogens with zero attached hydrogens (tertiary/aromatic N) is 1. The van der Waals surface area contributed by atoms with E-state index in [-0.39, 0.29) is 17.9 Å². The first-order chi connectivity index (χ1) is 14.8. The van der Waals surface area contributed by atoms with Crippen LogP contribution in [-0.4, -0.2) is 34.6 Å². The van der Waals surface area contributed by atoms with Crippen molar-refractivity contribution in [1.29, 1.82) is 0 Å². The fourth-order valence-electron chi connectivity index (χ4n) is 3.51. The maximum Gasteiger partial charge on any atom is 0.243 e. The summed E-state index contributed by atoms with van der Waals surface area (Å²) >= 11 is 1.60. The molecule has 2 aromatic rings. The van der Waals surface area contributed by atoms with Crippen LogP contribution < -0.4 is 5.32 Å². The second-order valence-corrected chi connectivity index (χ2v) is 9.22. The molecule has 0 spiro atoms. The molecule has 31 heavy (non-hydrogen) atoms. The summed E-state index contributed by atoms with van der Waals surface area (Å²) < 4.78 is 0. The number of hydrogen-bond acceptors (Lipinski definition) is 3. The fourth-order valence-corrected chi connectivity index (χ4v) is 4.37. The van der Waals surface area contributed by atoms with Crippen LogP contribution >= 0.6 is 11.8 Å². The van der Waals surface area contributed by atoms with E-state index in [4.69, 9.17) is 0 Å². The molecular formula is C26H36N2O2S. The molecule has 0 aliphatic carbocycles. The van der Waals surface area contributed by atoms with Crippen molar-refractivity contribution in [1.82, 2.24) is 10.2 Å². The lowest BCUT2D eigenvalue weighted by Crippen LogP contribution is -2.51. The van der Waals surface area contributed by atoms with Gasteiger partial charge in [-0.2, -0.15) is 0 Å². The van der Waals surface area contributed by atoms with E-state index in [1.807, 2.05) is 52.0 Å². The van der Waals surface area contributed by atoms with Crippen molar-refractivity contribution in [2.45, 2.75) is 71.8 Å². The van der Waals surface area contributed by atoms with Crippen LogP contribution in [0.5, 0.6) is 0 Å². The Balaban J connectivity index is 2.14. The number of rotatable bonds is 11. The summed E-state index contributed by atoms with van der Waals surface area (Å²) in [7, 11) is 0. The second-order valence-electron chi connectivity index (χ2n) is 8.23. The van der Waals surface area contributed by atoms with Gasteiger partial charge >= 0.3 is 0 Å². The molecule has 5 heteroatoms. The standard InChI is InChI=1S/C26H36N2O2S/c1-6-21(5)27-26(30)24(7-2)28(16-22-12-8-10-19(3)14-22)25(29)18-31-17-23-13-9-11-20(4)15-23/h8-15,21,24H,6-7,16-18H2,1-5H3,(H,27,30)/t21-,24+/m1/s1. The molecule has 2 amide bonds. The van der Waals surface area contributed by atoms with Crippen LogP contribution in [0.2, 0.25) is 0 Å². The van der Waals surface area contributed by atoms with Crippen molar-refractivity contribution in [3.8, 4) is 0 Å². The van der Waals surface area contributed by atoms with E-state index in [2.05, 4.69) is 36.5 Å². The molecule has 0 bridgehead atoms. The molecule has 0 saturated heterocycles. The highest BCUT2D eigenvalue weighted by Gasteiger charge is 2.29. The zero-order valence-corrected chi connectivity index (χ0v) is 20.3. The predicted octanol–water partition coefficient (Wildman–Crippen LogP) is 5.26. The number of nitrogens with one attached hydrogen (secondary N) is 1. The molecule has 0 unspecified atom stereocenters. The molecule has 0 aromatic heterocycles. The zero-order valence-electron chi connectivity index (χ0n) is 19.5. The van der Waals surface area contributed by atoms with E-state index in [0.717, 1.165) is 23.3 Å². The van der Waals surface area contributed by atoms with Crippen molar-refractivity contribution in [3.05, 3.63) is 70.8 Å². The summed E-state index contributed by atoms with van der Waals surface area (Å²) in [4.78, 5) is 28.0. The maximum absolute atomic E-state index is 13.3. The van der Waals surface area contributed by atoms with Gasteiger partial charge in [0.15, 0.2) is 0 Å². The molecule has 0 heterocycles. The summed E-state index contributed by atoms with van der Waals surface area (Å²) in [6, 6.07) is 16.1. The number of amides is 2. The third kappa shape index (κ3) is 8.06. The first kappa shape index (κ1) is 25.0. The highest BCUT2D eigenvalue weighted by molar-refractivity contribution is 7.99. The van der Waals surface area contributed by atoms with Crippen LogP contribution in [0, 0.1) is 13.8 Å². The summed E-state index contributed by atoms with van der Waals surface area (Å²) in [5, 5.41) is 3.06. The Kier molecular flexibility index (Phi) is 10.1. The van der Waals surface area contributed by atoms with E-state index >= 15 is 0 Å². The minimum absolute atomic E-state index is 0.00492. The van der Waals surface area contributed by atoms with Gasteiger partial charge in [0.1, 0.15) is 6.04 Å². The van der Waals surface area contributed by atoms with Crippen molar-refractivity contribution < 1.29 is 9.59 Å². The molecule has 2 rings (SSSR count). The van der Waals surface area contributed by atoms with Gasteiger partial charge in [-0.25, -0.2) is 0 Å². The van der Waals surface area contributed by atoms with E-state index < -0.39 is 6.04 Å². The Morgan fingerprint density at radius 1 is 0.968 bits per heavy atom. The minimum Gasteiger partial charge on any atom is -0.352 e. The average molecular weight is 441 g/mol. The van der Waals surface area contributed by atoms with Crippen molar-refractivity contribution in [2.75, 3.05) is 5.75 Å². The lowest BCUT2D eigenvalue weighted by molar-refractivity contribution is -0.139. The lowest BCUT2D eigenvalue weighted by Gasteiger charge is -2.31. The van der Waals surface area contributed by atoms with Gasteiger partial charge in [-0.15, -0.1) is 11.8 Å². The van der Waals surface area contributed by atoms with E-state index in [1.165, 1.54) is 11.1 Å². The molecule has 0 aliphatic heterocycles. The first-order valence-electron chi connectivity index (χ1n) is 11.1. The van der Waals surface area contributed by atoms with Crippen molar-refractivity contribution in [3.63, 3.8) is 0 Å². The Labute approximate surface area is 191 Å². The lowest BCUT2D eigenvalue weighted by atomic mass is 10.1. The molecule has 0 aliphatic rings. The van der Waals surface area contributed by atoms with E-state index in [1.54, 1.807) is 16.7 Å². The van der Waals surface area contributed by atoms with Gasteiger partial charge < -0.3 is 10.2 Å². The second kappa shape index (κ2) is 12.6. The number of carbonyl (C=O) groups excluding carboxylic acids is 2. The highest BCUT2D eigenvalue weighted by atomic mass is 32.2. The van der Waals surface area contributed by atoms with Gasteiger partial charge in [-0.05, 0) is 44.7 Å². The Morgan fingerprint density at radius 3 is 2.16 bits per heavy atom. The number of benzene rings is 2. The van der Waals surface area contributed by atoms with Crippen molar-refractivity contribution >= 4 is 23.6 Å². The number of hydrogen-bond donors (Lipinski definition) is 1. The smallest absolute Gasteiger partial charge is 0.243 e. The molecular weight excluding hydrogens is 404 g/mol. The number of carbonyl (C=O) groups is 2. The Morgan fingerprint density at radius 2 is 1.58 bits per heavy atom. The topological polar surface area (TPSA) is 49.4 Å². The highest BCUT2D eigenvalue weighted by Crippen LogP contribution is 2.18. The van der Waals surface area contributed by atoms with Gasteiger partial charge in [0.2, 0.25) is 11.8 Å².